The van der Waals surface area contributed by atoms with Gasteiger partial charge >= 0.3 is 0 Å². The van der Waals surface area contributed by atoms with E-state index in [1.807, 2.05) is 0 Å². The molecule has 0 spiro atoms. The van der Waals surface area contributed by atoms with Crippen molar-refractivity contribution in [3.05, 3.63) is 217 Å². The minimum absolute atomic E-state index is 0.964. The van der Waals surface area contributed by atoms with Crippen LogP contribution in [0, 0.1) is 6.92 Å². The lowest BCUT2D eigenvalue weighted by molar-refractivity contribution is 0.930. The van der Waals surface area contributed by atoms with Gasteiger partial charge in [-0.2, -0.15) is 0 Å². The van der Waals surface area contributed by atoms with Gasteiger partial charge in [-0.3, -0.25) is 0 Å². The number of hydrogen-bond acceptors (Lipinski definition) is 2. The monoisotopic (exact) mass is 680 g/mol. The van der Waals surface area contributed by atoms with Crippen LogP contribution in [0.5, 0.6) is 0 Å². The predicted octanol–water partition coefficient (Wildman–Crippen LogP) is 14.3. The Balaban J connectivity index is 1.05. The minimum Gasteiger partial charge on any atom is -0.314 e. The topological polar surface area (TPSA) is 6.48 Å². The zero-order chi connectivity index (χ0) is 35.6. The fourth-order valence-electron chi connectivity index (χ4n) is 7.56. The van der Waals surface area contributed by atoms with E-state index < -0.39 is 0 Å². The molecule has 0 fully saturated rings. The highest BCUT2D eigenvalue weighted by atomic mass is 15.2. The van der Waals surface area contributed by atoms with Gasteiger partial charge < -0.3 is 9.80 Å². The lowest BCUT2D eigenvalue weighted by Crippen LogP contribution is -2.17. The Bertz CT molecular complexity index is 2600. The van der Waals surface area contributed by atoms with Crippen LogP contribution >= 0.6 is 0 Å². The summed E-state index contributed by atoms with van der Waals surface area (Å²) < 4.78 is 0. The number of allylic oxidation sites excluding steroid dienone is 4. The van der Waals surface area contributed by atoms with Gasteiger partial charge in [-0.05, 0) is 130 Å². The molecule has 53 heavy (non-hydrogen) atoms. The molecule has 8 aromatic carbocycles. The van der Waals surface area contributed by atoms with Gasteiger partial charge in [-0.15, -0.1) is 0 Å². The van der Waals surface area contributed by atoms with Crippen LogP contribution in [0.1, 0.15) is 24.0 Å². The quantitative estimate of drug-likeness (QED) is 0.158. The molecule has 0 heterocycles. The smallest absolute Gasteiger partial charge is 0.0468 e. The van der Waals surface area contributed by atoms with Gasteiger partial charge in [0.1, 0.15) is 0 Å². The van der Waals surface area contributed by atoms with Crippen molar-refractivity contribution in [3.63, 3.8) is 0 Å². The van der Waals surface area contributed by atoms with Gasteiger partial charge in [-0.25, -0.2) is 0 Å². The molecule has 8 aromatic rings. The van der Waals surface area contributed by atoms with E-state index in [0.29, 0.717) is 0 Å². The number of rotatable bonds is 8. The third-order valence-corrected chi connectivity index (χ3v) is 10.4. The maximum Gasteiger partial charge on any atom is 0.0468 e. The molecular weight excluding hydrogens is 641 g/mol. The number of fused-ring (bicyclic) bond motifs is 2. The maximum absolute atomic E-state index is 2.43. The molecule has 254 valence electrons. The molecule has 0 radical (unpaired) electrons. The zero-order valence-electron chi connectivity index (χ0n) is 29.9. The fraction of sp³-hybridized carbons (Fsp3) is 0.0588. The lowest BCUT2D eigenvalue weighted by Gasteiger charge is -2.30. The molecule has 0 saturated heterocycles. The first kappa shape index (κ1) is 32.3. The summed E-state index contributed by atoms with van der Waals surface area (Å²) in [5.41, 5.74) is 13.3. The first-order valence-electron chi connectivity index (χ1n) is 18.5. The van der Waals surface area contributed by atoms with E-state index in [1.54, 1.807) is 0 Å². The van der Waals surface area contributed by atoms with E-state index in [1.165, 1.54) is 60.8 Å². The Hall–Kier alpha value is -6.64. The molecule has 2 nitrogen and oxygen atoms in total. The SMILES string of the molecule is Cc1ccc(N(c2ccc(-c3ccc(N(C4=CC=C(c5ccccc5)CC4)c4ccc5ccccc5c4)cc3)cc2)c2ccc3ccccc3c2)cc1. The van der Waals surface area contributed by atoms with Crippen LogP contribution in [0.15, 0.2) is 206 Å². The van der Waals surface area contributed by atoms with Gasteiger partial charge in [-0.1, -0.05) is 139 Å². The molecule has 0 bridgehead atoms. The highest BCUT2D eigenvalue weighted by Crippen LogP contribution is 2.40. The molecule has 1 aliphatic carbocycles. The van der Waals surface area contributed by atoms with Crippen LogP contribution in [0.4, 0.5) is 28.4 Å². The van der Waals surface area contributed by atoms with Crippen LogP contribution in [-0.2, 0) is 0 Å². The van der Waals surface area contributed by atoms with Crippen LogP contribution in [0.3, 0.4) is 0 Å². The van der Waals surface area contributed by atoms with Gasteiger partial charge in [0.25, 0.3) is 0 Å². The number of aryl methyl sites for hydroxylation is 1. The number of benzene rings is 8. The zero-order valence-corrected chi connectivity index (χ0v) is 29.9. The van der Waals surface area contributed by atoms with E-state index in [2.05, 4.69) is 217 Å². The van der Waals surface area contributed by atoms with E-state index in [9.17, 15) is 0 Å². The van der Waals surface area contributed by atoms with Crippen molar-refractivity contribution in [2.75, 3.05) is 9.80 Å². The Morgan fingerprint density at radius 2 is 0.792 bits per heavy atom. The van der Waals surface area contributed by atoms with Crippen molar-refractivity contribution >= 4 is 55.6 Å². The Labute approximate surface area is 312 Å². The lowest BCUT2D eigenvalue weighted by atomic mass is 9.94. The average molecular weight is 681 g/mol. The predicted molar refractivity (Wildman–Crippen MR) is 227 cm³/mol. The molecule has 0 saturated carbocycles. The van der Waals surface area contributed by atoms with Crippen LogP contribution in [0.25, 0.3) is 38.2 Å². The summed E-state index contributed by atoms with van der Waals surface area (Å²) in [5, 5.41) is 4.96. The average Bonchev–Trinajstić information content (AvgIpc) is 3.23. The molecule has 9 rings (SSSR count). The Morgan fingerprint density at radius 3 is 1.32 bits per heavy atom. The summed E-state index contributed by atoms with van der Waals surface area (Å²) in [5.74, 6) is 0. The Morgan fingerprint density at radius 1 is 0.340 bits per heavy atom. The second kappa shape index (κ2) is 14.2. The summed E-state index contributed by atoms with van der Waals surface area (Å²) in [4.78, 5) is 4.77. The summed E-state index contributed by atoms with van der Waals surface area (Å²) in [7, 11) is 0. The molecule has 0 aliphatic heterocycles. The van der Waals surface area contributed by atoms with Crippen molar-refractivity contribution in [3.8, 4) is 11.1 Å². The van der Waals surface area contributed by atoms with E-state index in [4.69, 9.17) is 0 Å². The van der Waals surface area contributed by atoms with Gasteiger partial charge in [0.2, 0.25) is 0 Å². The minimum atomic E-state index is 0.964. The first-order chi connectivity index (χ1) is 26.2. The van der Waals surface area contributed by atoms with Crippen LogP contribution < -0.4 is 9.80 Å². The highest BCUT2D eigenvalue weighted by Gasteiger charge is 2.19. The van der Waals surface area contributed by atoms with Crippen molar-refractivity contribution < 1.29 is 0 Å². The van der Waals surface area contributed by atoms with E-state index in [-0.39, 0.29) is 0 Å². The van der Waals surface area contributed by atoms with E-state index >= 15 is 0 Å². The molecule has 1 aliphatic rings. The summed E-state index contributed by atoms with van der Waals surface area (Å²) >= 11 is 0. The summed E-state index contributed by atoms with van der Waals surface area (Å²) in [6.07, 6.45) is 6.58. The van der Waals surface area contributed by atoms with Crippen molar-refractivity contribution in [2.45, 2.75) is 19.8 Å². The standard InChI is InChI=1S/C51H40N2/c1-37-15-25-46(26-16-37)52(50-33-23-39-11-5-7-13-44(39)35-50)47-29-19-42(20-30-47)43-21-31-49(32-22-43)53(51-34-24-40-12-6-8-14-45(40)36-51)48-27-17-41(18-28-48)38-9-3-2-4-10-38/h2-17,19-27,29-36H,18,28H2,1H3. The van der Waals surface area contributed by atoms with Gasteiger partial charge in [0, 0.05) is 34.1 Å². The summed E-state index contributed by atoms with van der Waals surface area (Å²) in [6, 6.07) is 68.2. The Kier molecular flexibility index (Phi) is 8.63. The fourth-order valence-corrected chi connectivity index (χ4v) is 7.56. The van der Waals surface area contributed by atoms with Crippen LogP contribution in [0.2, 0.25) is 0 Å². The number of anilines is 5. The molecule has 0 N–H and O–H groups in total. The van der Waals surface area contributed by atoms with Crippen LogP contribution in [-0.4, -0.2) is 0 Å². The molecule has 0 atom stereocenters. The molecule has 0 unspecified atom stereocenters. The number of hydrogen-bond donors (Lipinski definition) is 0. The normalized spacial score (nSPS) is 12.7. The third kappa shape index (κ3) is 6.64. The highest BCUT2D eigenvalue weighted by molar-refractivity contribution is 5.90. The summed E-state index contributed by atoms with van der Waals surface area (Å²) in [6.45, 7) is 2.14. The molecular formula is C51H40N2. The van der Waals surface area contributed by atoms with Gasteiger partial charge in [0.05, 0.1) is 0 Å². The first-order valence-corrected chi connectivity index (χ1v) is 18.5. The van der Waals surface area contributed by atoms with Crippen molar-refractivity contribution in [1.29, 1.82) is 0 Å². The molecule has 0 aromatic heterocycles. The third-order valence-electron chi connectivity index (χ3n) is 10.4. The van der Waals surface area contributed by atoms with Crippen molar-refractivity contribution in [1.82, 2.24) is 0 Å². The van der Waals surface area contributed by atoms with Gasteiger partial charge in [0.15, 0.2) is 0 Å². The van der Waals surface area contributed by atoms with Crippen molar-refractivity contribution in [2.24, 2.45) is 0 Å². The second-order valence-electron chi connectivity index (χ2n) is 13.9. The largest absolute Gasteiger partial charge is 0.314 e. The molecule has 0 amide bonds. The molecule has 2 heteroatoms. The van der Waals surface area contributed by atoms with E-state index in [0.717, 1.165) is 35.6 Å². The second-order valence-corrected chi connectivity index (χ2v) is 13.9. The maximum atomic E-state index is 2.43. The number of nitrogens with zero attached hydrogens (tertiary/aromatic N) is 2.